The van der Waals surface area contributed by atoms with Gasteiger partial charge in [-0.15, -0.1) is 0 Å². The lowest BCUT2D eigenvalue weighted by Gasteiger charge is -2.33. The van der Waals surface area contributed by atoms with E-state index < -0.39 is 11.5 Å². The van der Waals surface area contributed by atoms with Gasteiger partial charge in [0.2, 0.25) is 0 Å². The minimum Gasteiger partial charge on any atom is -0.493 e. The first kappa shape index (κ1) is 27.7. The van der Waals surface area contributed by atoms with E-state index in [0.29, 0.717) is 47.4 Å². The van der Waals surface area contributed by atoms with Gasteiger partial charge in [-0.25, -0.2) is 9.67 Å². The Balaban J connectivity index is 1.38. The number of nitrogens with zero attached hydrogens (tertiary/aromatic N) is 4. The van der Waals surface area contributed by atoms with Crippen molar-refractivity contribution in [3.63, 3.8) is 0 Å². The standard InChI is InChI=1S/C31H33N5O5/c1-6-16-35-20(2)28(30(38)36(35)21-10-8-7-9-11-21)29(37)34-27-13-12-22(19-33-27)41-31(3)14-15-32-24-18-26(40-5)25(39-4)17-23(24)31/h7-13,15,17-19H,6,14,16H2,1-5H3,(H,33,34,37). The Morgan fingerprint density at radius 1 is 1.07 bits per heavy atom. The van der Waals surface area contributed by atoms with Crippen LogP contribution in [-0.4, -0.2) is 40.7 Å². The molecule has 0 radical (unpaired) electrons. The first-order valence-electron chi connectivity index (χ1n) is 13.4. The first-order valence-corrected chi connectivity index (χ1v) is 13.4. The number of ether oxygens (including phenoxy) is 3. The average Bonchev–Trinajstić information content (AvgIpc) is 3.22. The van der Waals surface area contributed by atoms with Gasteiger partial charge in [0, 0.05) is 30.8 Å². The number of para-hydroxylation sites is 1. The predicted octanol–water partition coefficient (Wildman–Crippen LogP) is 5.42. The van der Waals surface area contributed by atoms with Crippen molar-refractivity contribution in [1.29, 1.82) is 0 Å². The van der Waals surface area contributed by atoms with Gasteiger partial charge in [-0.1, -0.05) is 25.1 Å². The summed E-state index contributed by atoms with van der Waals surface area (Å²) in [6.07, 6.45) is 4.70. The number of carbonyl (C=O) groups is 1. The van der Waals surface area contributed by atoms with Gasteiger partial charge >= 0.3 is 0 Å². The van der Waals surface area contributed by atoms with Crippen LogP contribution in [0.2, 0.25) is 0 Å². The number of benzene rings is 2. The van der Waals surface area contributed by atoms with E-state index in [1.807, 2.05) is 67.2 Å². The summed E-state index contributed by atoms with van der Waals surface area (Å²) in [6, 6.07) is 16.4. The van der Waals surface area contributed by atoms with Crippen molar-refractivity contribution in [2.24, 2.45) is 4.99 Å². The van der Waals surface area contributed by atoms with Gasteiger partial charge in [0.15, 0.2) is 11.5 Å². The number of amides is 1. The van der Waals surface area contributed by atoms with Crippen LogP contribution in [0.3, 0.4) is 0 Å². The fourth-order valence-electron chi connectivity index (χ4n) is 5.09. The fraction of sp³-hybridized carbons (Fsp3) is 0.290. The second-order valence-electron chi connectivity index (χ2n) is 9.94. The highest BCUT2D eigenvalue weighted by Gasteiger charge is 2.35. The minimum atomic E-state index is -0.731. The van der Waals surface area contributed by atoms with E-state index in [2.05, 4.69) is 15.3 Å². The molecule has 10 heteroatoms. The molecule has 2 aromatic carbocycles. The number of rotatable bonds is 9. The molecule has 0 spiro atoms. The monoisotopic (exact) mass is 555 g/mol. The Morgan fingerprint density at radius 2 is 1.80 bits per heavy atom. The Bertz CT molecular complexity index is 1660. The van der Waals surface area contributed by atoms with E-state index in [4.69, 9.17) is 14.2 Å². The number of aliphatic imine (C=N–C) groups is 1. The number of carbonyl (C=O) groups excluding carboxylic acids is 1. The number of hydrogen-bond acceptors (Lipinski definition) is 7. The summed E-state index contributed by atoms with van der Waals surface area (Å²) in [4.78, 5) is 35.6. The van der Waals surface area contributed by atoms with Crippen LogP contribution < -0.4 is 25.1 Å². The molecule has 1 aliphatic rings. The molecule has 1 N–H and O–H groups in total. The van der Waals surface area contributed by atoms with Crippen LogP contribution in [0.1, 0.15) is 48.3 Å². The van der Waals surface area contributed by atoms with Crippen LogP contribution in [0.4, 0.5) is 11.5 Å². The summed E-state index contributed by atoms with van der Waals surface area (Å²) < 4.78 is 20.7. The number of fused-ring (bicyclic) bond motifs is 1. The molecular formula is C31H33N5O5. The topological polar surface area (TPSA) is 109 Å². The number of hydrogen-bond donors (Lipinski definition) is 1. The molecule has 1 amide bonds. The largest absolute Gasteiger partial charge is 0.493 e. The number of aromatic nitrogens is 3. The zero-order chi connectivity index (χ0) is 29.1. The highest BCUT2D eigenvalue weighted by Crippen LogP contribution is 2.44. The van der Waals surface area contributed by atoms with E-state index >= 15 is 0 Å². The second kappa shape index (κ2) is 11.3. The molecule has 1 atom stereocenters. The molecule has 1 aliphatic heterocycles. The van der Waals surface area contributed by atoms with Gasteiger partial charge in [0.25, 0.3) is 11.5 Å². The van der Waals surface area contributed by atoms with Gasteiger partial charge in [-0.3, -0.25) is 19.3 Å². The van der Waals surface area contributed by atoms with Crippen molar-refractivity contribution < 1.29 is 19.0 Å². The third-order valence-corrected chi connectivity index (χ3v) is 7.16. The normalized spacial score (nSPS) is 15.7. The molecule has 0 fully saturated rings. The zero-order valence-electron chi connectivity index (χ0n) is 23.8. The minimum absolute atomic E-state index is 0.0828. The molecule has 212 valence electrons. The zero-order valence-corrected chi connectivity index (χ0v) is 23.8. The van der Waals surface area contributed by atoms with Crippen molar-refractivity contribution in [2.45, 2.75) is 45.8 Å². The van der Waals surface area contributed by atoms with Crippen molar-refractivity contribution in [2.75, 3.05) is 19.5 Å². The quantitative estimate of drug-likeness (QED) is 0.295. The molecular weight excluding hydrogens is 522 g/mol. The molecule has 1 unspecified atom stereocenters. The summed E-state index contributed by atoms with van der Waals surface area (Å²) in [5.41, 5.74) is 1.86. The van der Waals surface area contributed by atoms with E-state index in [1.165, 1.54) is 0 Å². The maximum absolute atomic E-state index is 13.4. The van der Waals surface area contributed by atoms with E-state index in [1.54, 1.807) is 44.2 Å². The van der Waals surface area contributed by atoms with Crippen LogP contribution in [-0.2, 0) is 12.1 Å². The Hall–Kier alpha value is -4.86. The molecule has 10 nitrogen and oxygen atoms in total. The molecule has 0 saturated heterocycles. The van der Waals surface area contributed by atoms with Crippen LogP contribution in [0.5, 0.6) is 17.2 Å². The molecule has 0 saturated carbocycles. The van der Waals surface area contributed by atoms with Gasteiger partial charge in [0.05, 0.1) is 37.5 Å². The third-order valence-electron chi connectivity index (χ3n) is 7.16. The highest BCUT2D eigenvalue weighted by atomic mass is 16.5. The van der Waals surface area contributed by atoms with Crippen LogP contribution >= 0.6 is 0 Å². The van der Waals surface area contributed by atoms with Crippen LogP contribution in [0.15, 0.2) is 70.6 Å². The summed E-state index contributed by atoms with van der Waals surface area (Å²) in [5.74, 6) is 1.48. The molecule has 0 bridgehead atoms. The number of methoxy groups -OCH3 is 2. The summed E-state index contributed by atoms with van der Waals surface area (Å²) in [6.45, 7) is 6.38. The molecule has 4 aromatic rings. The van der Waals surface area contributed by atoms with Crippen molar-refractivity contribution in [3.8, 4) is 22.9 Å². The smallest absolute Gasteiger partial charge is 0.284 e. The van der Waals surface area contributed by atoms with Crippen LogP contribution in [0, 0.1) is 6.92 Å². The number of anilines is 1. The maximum atomic E-state index is 13.4. The molecule has 2 aromatic heterocycles. The van der Waals surface area contributed by atoms with Crippen molar-refractivity contribution in [3.05, 3.63) is 88.0 Å². The summed E-state index contributed by atoms with van der Waals surface area (Å²) in [5, 5.41) is 2.77. The summed E-state index contributed by atoms with van der Waals surface area (Å²) in [7, 11) is 3.17. The third kappa shape index (κ3) is 5.20. The first-order chi connectivity index (χ1) is 19.8. The second-order valence-corrected chi connectivity index (χ2v) is 9.94. The Morgan fingerprint density at radius 3 is 2.46 bits per heavy atom. The lowest BCUT2D eigenvalue weighted by atomic mass is 9.88. The molecule has 3 heterocycles. The van der Waals surface area contributed by atoms with E-state index in [-0.39, 0.29) is 11.1 Å². The SMILES string of the molecule is CCCn1c(C)c(C(=O)Nc2ccc(OC3(C)CC=Nc4cc(OC)c(OC)cc43)cn2)c(=O)n1-c1ccccc1. The van der Waals surface area contributed by atoms with Crippen LogP contribution in [0.25, 0.3) is 5.69 Å². The predicted molar refractivity (Wildman–Crippen MR) is 158 cm³/mol. The van der Waals surface area contributed by atoms with E-state index in [0.717, 1.165) is 17.7 Å². The number of pyridine rings is 1. The van der Waals surface area contributed by atoms with Crippen molar-refractivity contribution in [1.82, 2.24) is 14.3 Å². The van der Waals surface area contributed by atoms with Gasteiger partial charge in [-0.05, 0) is 50.6 Å². The molecule has 5 rings (SSSR count). The number of nitrogens with one attached hydrogen (secondary N) is 1. The molecule has 0 aliphatic carbocycles. The van der Waals surface area contributed by atoms with Gasteiger partial charge in [0.1, 0.15) is 22.7 Å². The maximum Gasteiger partial charge on any atom is 0.284 e. The highest BCUT2D eigenvalue weighted by molar-refractivity contribution is 6.04. The van der Waals surface area contributed by atoms with Crippen molar-refractivity contribution >= 4 is 23.6 Å². The molecule has 41 heavy (non-hydrogen) atoms. The Labute approximate surface area is 238 Å². The Kier molecular flexibility index (Phi) is 7.65. The fourth-order valence-corrected chi connectivity index (χ4v) is 5.09. The van der Waals surface area contributed by atoms with E-state index in [9.17, 15) is 9.59 Å². The lowest BCUT2D eigenvalue weighted by Crippen LogP contribution is -2.32. The van der Waals surface area contributed by atoms with Gasteiger partial charge in [-0.2, -0.15) is 0 Å². The lowest BCUT2D eigenvalue weighted by molar-refractivity contribution is 0.0945. The summed E-state index contributed by atoms with van der Waals surface area (Å²) >= 11 is 0. The van der Waals surface area contributed by atoms with Gasteiger partial charge < -0.3 is 19.5 Å². The average molecular weight is 556 g/mol.